The second-order valence-electron chi connectivity index (χ2n) is 16.5. The summed E-state index contributed by atoms with van der Waals surface area (Å²) in [6, 6.07) is 41.0. The third-order valence-corrected chi connectivity index (χ3v) is 14.7. The largest absolute Gasteiger partial charge is 2.00 e. The van der Waals surface area contributed by atoms with Gasteiger partial charge in [-0.2, -0.15) is 0 Å². The SMILES string of the molecule is COC(=O)/C([S-])=C(/[S-])C(=O)OC.COC(=O)/C([S-])=C(/[S-])C(=O)OC.COC(=O)/C([S-])=C(/[S-])C(=O)OC.COC(=O)/C([S-])=C(/[S-])C(=O)OC.COC(=O)/C([S-])=C(/[S-])C(=O)OC.COC(=O)/C([S-])=C(/[S-])C(=O)OC.Cc1ccccc1.Cc1ccccc1.Cc1ccccc1.Cc1ccccc1.[Pd+2].[Pd+2].[Pd+2].[Pd+2].[Pd+2].[Pd+2]. The van der Waals surface area contributed by atoms with Crippen molar-refractivity contribution in [3.05, 3.63) is 202 Å². The van der Waals surface area contributed by atoms with Crippen LogP contribution in [0.2, 0.25) is 0 Å². The topological polar surface area (TPSA) is 316 Å². The van der Waals surface area contributed by atoms with Crippen LogP contribution < -0.4 is 0 Å². The molecule has 0 bridgehead atoms. The molecule has 0 amide bonds. The number of rotatable bonds is 12. The average Bonchev–Trinajstić information content (AvgIpc) is 0.938. The van der Waals surface area contributed by atoms with E-state index in [2.05, 4.69) is 285 Å². The maximum atomic E-state index is 10.7. The standard InChI is InChI=1S/4C7H8.6C6H8O4S2.6Pd/c4*1-7-5-3-2-4-6-7;6*1-9-5(7)3(11)4(12)6(8)10-2;;;;;;/h4*2-6H,1H3;6*11-12H,1-2H3;;;;;;/q;;;;;;;;;;6*+2/p-12/b;;;;6*4-3-;;;;;;. The fraction of sp³-hybridized carbons (Fsp3) is 0.250. The number of esters is 12. The van der Waals surface area contributed by atoms with Crippen molar-refractivity contribution in [3.8, 4) is 0 Å². The molecule has 24 nitrogen and oxygen atoms in total. The van der Waals surface area contributed by atoms with Crippen LogP contribution in [0.15, 0.2) is 180 Å². The van der Waals surface area contributed by atoms with Crippen LogP contribution in [0.3, 0.4) is 0 Å². The van der Waals surface area contributed by atoms with Crippen molar-refractivity contribution in [2.24, 2.45) is 0 Å². The van der Waals surface area contributed by atoms with Gasteiger partial charge in [0.1, 0.15) is 0 Å². The van der Waals surface area contributed by atoms with Crippen molar-refractivity contribution in [3.63, 3.8) is 0 Å². The monoisotopic (exact) mass is 2240 g/mol. The van der Waals surface area contributed by atoms with E-state index in [9.17, 15) is 57.5 Å². The van der Waals surface area contributed by atoms with Gasteiger partial charge in [0.2, 0.25) is 0 Å². The van der Waals surface area contributed by atoms with E-state index in [0.717, 1.165) is 85.3 Å². The van der Waals surface area contributed by atoms with Crippen molar-refractivity contribution in [2.45, 2.75) is 27.7 Å². The Kier molecular flexibility index (Phi) is 96.8. The summed E-state index contributed by atoms with van der Waals surface area (Å²) in [5, 5.41) is 0. The van der Waals surface area contributed by atoms with E-state index in [1.165, 1.54) is 22.3 Å². The molecule has 42 heteroatoms. The molecule has 600 valence electrons. The van der Waals surface area contributed by atoms with E-state index < -0.39 is 71.6 Å². The fourth-order valence-electron chi connectivity index (χ4n) is 4.36. The predicted octanol–water partition coefficient (Wildman–Crippen LogP) is 5.79. The maximum Gasteiger partial charge on any atom is 2.00 e. The van der Waals surface area contributed by atoms with Crippen LogP contribution in [0, 0.1) is 27.7 Å². The predicted molar refractivity (Wildman–Crippen MR) is 399 cm³/mol. The van der Waals surface area contributed by atoms with Gasteiger partial charge in [0.25, 0.3) is 0 Å². The number of benzene rings is 4. The Balaban J connectivity index is -0.0000000926. The minimum Gasteiger partial charge on any atom is -0.774 e. The number of carbonyl (C=O) groups excluding carboxylic acids is 12. The van der Waals surface area contributed by atoms with Gasteiger partial charge in [0.15, 0.2) is 0 Å². The molecule has 0 aliphatic rings. The van der Waals surface area contributed by atoms with Crippen LogP contribution in [0.5, 0.6) is 0 Å². The molecule has 106 heavy (non-hydrogen) atoms. The number of hydrogen-bond donors (Lipinski definition) is 0. The average molecular weight is 2240 g/mol. The molecule has 4 aromatic carbocycles. The molecular formula is C64H68O24Pd6S12. The van der Waals surface area contributed by atoms with Crippen LogP contribution in [0.1, 0.15) is 22.3 Å². The summed E-state index contributed by atoms with van der Waals surface area (Å²) >= 11 is 54.3. The van der Waals surface area contributed by atoms with Gasteiger partial charge >= 0.3 is 194 Å². The van der Waals surface area contributed by atoms with Crippen molar-refractivity contribution in [1.29, 1.82) is 0 Å². The molecule has 4 aromatic rings. The van der Waals surface area contributed by atoms with E-state index in [0.29, 0.717) is 0 Å². The zero-order chi connectivity index (χ0) is 78.8. The summed E-state index contributed by atoms with van der Waals surface area (Å²) in [6.07, 6.45) is 0. The Hall–Kier alpha value is -4.43. The van der Waals surface area contributed by atoms with Crippen molar-refractivity contribution in [2.75, 3.05) is 85.3 Å². The maximum absolute atomic E-state index is 10.7. The quantitative estimate of drug-likeness (QED) is 0.0532. The zero-order valence-electron chi connectivity index (χ0n) is 58.1. The summed E-state index contributed by atoms with van der Waals surface area (Å²) in [4.78, 5) is 125. The Morgan fingerprint density at radius 2 is 0.236 bits per heavy atom. The first-order valence-electron chi connectivity index (χ1n) is 26.4. The number of aryl methyl sites for hydroxylation is 4. The van der Waals surface area contributed by atoms with Gasteiger partial charge in [0.05, 0.1) is 85.3 Å². The van der Waals surface area contributed by atoms with Crippen LogP contribution in [-0.2, 0) is 388 Å². The number of ether oxygens (including phenoxy) is 12. The third kappa shape index (κ3) is 63.4. The van der Waals surface area contributed by atoms with Gasteiger partial charge in [-0.1, -0.05) is 144 Å². The van der Waals surface area contributed by atoms with E-state index in [1.54, 1.807) is 0 Å². The molecule has 0 fully saturated rings. The number of carbonyl (C=O) groups is 12. The summed E-state index contributed by atoms with van der Waals surface area (Å²) in [5.41, 5.74) is 5.29. The molecule has 0 aliphatic carbocycles. The zero-order valence-corrected chi connectivity index (χ0v) is 77.3. The van der Waals surface area contributed by atoms with E-state index >= 15 is 0 Å². The first-order chi connectivity index (χ1) is 46.8. The molecule has 0 atom stereocenters. The van der Waals surface area contributed by atoms with Gasteiger partial charge in [-0.05, 0) is 27.7 Å². The van der Waals surface area contributed by atoms with Crippen molar-refractivity contribution >= 4 is 223 Å². The van der Waals surface area contributed by atoms with E-state index in [4.69, 9.17) is 0 Å². The summed E-state index contributed by atoms with van der Waals surface area (Å²) < 4.78 is 51.0. The van der Waals surface area contributed by atoms with E-state index in [1.807, 2.05) is 72.8 Å². The number of hydrogen-bond acceptors (Lipinski definition) is 36. The number of methoxy groups -OCH3 is 12. The molecule has 0 saturated carbocycles. The minimum absolute atomic E-state index is 0. The van der Waals surface area contributed by atoms with Crippen LogP contribution in [0.25, 0.3) is 0 Å². The minimum atomic E-state index is -0.805. The second-order valence-corrected chi connectivity index (χ2v) is 21.4. The van der Waals surface area contributed by atoms with Crippen LogP contribution in [-0.4, -0.2) is 157 Å². The summed E-state index contributed by atoms with van der Waals surface area (Å²) in [6.45, 7) is 8.33. The molecule has 0 heterocycles. The third-order valence-electron chi connectivity index (χ3n) is 9.45. The Morgan fingerprint density at radius 1 is 0.170 bits per heavy atom. The summed E-state index contributed by atoms with van der Waals surface area (Å²) in [5.74, 6) is -9.66. The Bertz CT molecular complexity index is 2780. The van der Waals surface area contributed by atoms with Gasteiger partial charge in [-0.25, -0.2) is 57.5 Å². The molecule has 0 spiro atoms. The molecular weight excluding hydrogens is 2180 g/mol. The second kappa shape index (κ2) is 80.1. The van der Waals surface area contributed by atoms with Crippen molar-refractivity contribution < 1.29 is 237 Å². The smallest absolute Gasteiger partial charge is 0.774 e. The van der Waals surface area contributed by atoms with Crippen LogP contribution in [0.4, 0.5) is 0 Å². The first-order valence-corrected chi connectivity index (χ1v) is 31.3. The molecule has 0 unspecified atom stereocenters. The fourth-order valence-corrected chi connectivity index (χ4v) is 6.36. The molecule has 0 saturated heterocycles. The van der Waals surface area contributed by atoms with Gasteiger partial charge < -0.3 is 208 Å². The Labute approximate surface area is 766 Å². The first kappa shape index (κ1) is 128. The van der Waals surface area contributed by atoms with E-state index in [-0.39, 0.29) is 181 Å². The normalized spacial score (nSPS) is 10.1. The molecule has 0 N–H and O–H groups in total. The summed E-state index contributed by atoms with van der Waals surface area (Å²) in [7, 11) is 13.8. The van der Waals surface area contributed by atoms with Gasteiger partial charge in [0, 0.05) is 0 Å². The van der Waals surface area contributed by atoms with Gasteiger partial charge in [-0.15, -0.1) is 58.9 Å². The Morgan fingerprint density at radius 3 is 0.274 bits per heavy atom. The molecule has 0 aliphatic heterocycles. The van der Waals surface area contributed by atoms with Crippen LogP contribution >= 0.6 is 0 Å². The van der Waals surface area contributed by atoms with Crippen molar-refractivity contribution in [1.82, 2.24) is 0 Å². The molecule has 4 rings (SSSR count). The molecule has 0 radical (unpaired) electrons. The molecule has 0 aromatic heterocycles. The van der Waals surface area contributed by atoms with Gasteiger partial charge in [-0.3, -0.25) is 0 Å².